The van der Waals surface area contributed by atoms with E-state index in [1.165, 1.54) is 43.6 Å². The van der Waals surface area contributed by atoms with Crippen LogP contribution >= 0.6 is 51.4 Å². The Bertz CT molecular complexity index is 2130. The molecule has 0 amide bonds. The summed E-state index contributed by atoms with van der Waals surface area (Å²) in [5.41, 5.74) is 0. The zero-order valence-electron chi connectivity index (χ0n) is 37.1. The van der Waals surface area contributed by atoms with Crippen LogP contribution in [0.2, 0.25) is 10.1 Å². The van der Waals surface area contributed by atoms with Crippen molar-refractivity contribution < 1.29 is 8.85 Å². The van der Waals surface area contributed by atoms with Gasteiger partial charge in [0.1, 0.15) is 0 Å². The van der Waals surface area contributed by atoms with Crippen molar-refractivity contribution in [2.45, 2.75) is 127 Å². The Morgan fingerprint density at radius 1 is 0.581 bits per heavy atom. The molecule has 8 rings (SSSR count). The first-order valence-corrected chi connectivity index (χ1v) is 28.7. The molecular weight excluding hydrogens is 918 g/mol. The van der Waals surface area contributed by atoms with E-state index in [9.17, 15) is 0 Å². The van der Waals surface area contributed by atoms with Crippen LogP contribution in [0, 0.1) is 0 Å². The monoisotopic (exact) mass is 978 g/mol. The zero-order valence-corrected chi connectivity index (χ0v) is 43.2. The molecule has 6 aromatic rings. The molecule has 0 aliphatic heterocycles. The molecule has 2 aromatic heterocycles. The molecule has 0 saturated heterocycles. The summed E-state index contributed by atoms with van der Waals surface area (Å²) < 4.78 is 18.4. The third-order valence-electron chi connectivity index (χ3n) is 12.5. The first-order chi connectivity index (χ1) is 29.8. The van der Waals surface area contributed by atoms with Crippen molar-refractivity contribution in [1.82, 2.24) is 9.97 Å². The second-order valence-electron chi connectivity index (χ2n) is 18.5. The number of thiol groups is 1. The molecule has 0 bridgehead atoms. The van der Waals surface area contributed by atoms with Gasteiger partial charge in [-0.1, -0.05) is 163 Å². The van der Waals surface area contributed by atoms with Crippen LogP contribution < -0.4 is 20.7 Å². The van der Waals surface area contributed by atoms with E-state index in [1.807, 2.05) is 12.4 Å². The first kappa shape index (κ1) is 48.6. The summed E-state index contributed by atoms with van der Waals surface area (Å²) in [7, 11) is -0.556. The van der Waals surface area contributed by atoms with Crippen LogP contribution in [0.15, 0.2) is 147 Å². The fraction of sp³-hybridized carbons (Fsp3) is 0.400. The predicted molar refractivity (Wildman–Crippen MR) is 277 cm³/mol. The van der Waals surface area contributed by atoms with Gasteiger partial charge in [0.2, 0.25) is 0 Å². The van der Waals surface area contributed by atoms with Gasteiger partial charge in [-0.15, -0.1) is 22.7 Å². The average molecular weight is 980 g/mol. The van der Waals surface area contributed by atoms with Gasteiger partial charge in [-0.2, -0.15) is 0 Å². The van der Waals surface area contributed by atoms with Crippen molar-refractivity contribution in [3.63, 3.8) is 0 Å². The molecule has 2 saturated carbocycles. The van der Waals surface area contributed by atoms with Crippen LogP contribution in [-0.4, -0.2) is 46.4 Å². The van der Waals surface area contributed by atoms with E-state index >= 15 is 0 Å². The minimum atomic E-state index is -2.45. The van der Waals surface area contributed by atoms with E-state index in [0.29, 0.717) is 24.0 Å². The topological polar surface area (TPSA) is 56.6 Å². The van der Waals surface area contributed by atoms with Crippen LogP contribution in [0.5, 0.6) is 0 Å². The average Bonchev–Trinajstić information content (AvgIpc) is 3.99. The second kappa shape index (κ2) is 22.4. The van der Waals surface area contributed by atoms with E-state index in [0.717, 1.165) is 42.3 Å². The van der Waals surface area contributed by atoms with Gasteiger partial charge in [0.15, 0.2) is 0 Å². The SMILES string of the molecule is CC(C)(C)[Si](OC1CCC(c2ncc(Br)s2)CC1)(c1ccccc1)c1ccccc1.CC(C)(C)[Si](OC1CCC(c2nccs2)CC1)(c1ccccc1)c1ccccc1.[B]=NS. The summed E-state index contributed by atoms with van der Waals surface area (Å²) in [6, 6.07) is 44.0. The van der Waals surface area contributed by atoms with Crippen molar-refractivity contribution in [3.05, 3.63) is 153 Å². The number of halogens is 1. The van der Waals surface area contributed by atoms with Gasteiger partial charge >= 0.3 is 24.8 Å². The number of nitrogens with zero attached hydrogens (tertiary/aromatic N) is 3. The van der Waals surface area contributed by atoms with Crippen LogP contribution in [-0.2, 0) is 8.85 Å². The van der Waals surface area contributed by atoms with E-state index in [-0.39, 0.29) is 10.1 Å². The maximum atomic E-state index is 7.32. The number of thiazole rings is 2. The van der Waals surface area contributed by atoms with E-state index in [2.05, 4.69) is 219 Å². The molecule has 0 N–H and O–H groups in total. The van der Waals surface area contributed by atoms with Crippen molar-refractivity contribution in [3.8, 4) is 0 Å². The summed E-state index contributed by atoms with van der Waals surface area (Å²) in [5.74, 6) is 1.18. The van der Waals surface area contributed by atoms with Gasteiger partial charge in [-0.3, -0.25) is 0 Å². The standard InChI is InChI=1S/C25H30BrNOSSi.C25H31NOSSi.BHNS/c1-25(2,3)30(21-10-6-4-7-11-21,22-12-8-5-9-13-22)28-20-16-14-19(15-17-20)24-27-18-23(26)29-24;1-25(2,3)29(22-10-6-4-7-11-22,23-12-8-5-9-13-23)27-21-16-14-20(15-17-21)24-26-18-19-28-24;1-2-3/h4-13,18-20H,14-17H2,1-3H3;4-13,18-21H,14-17H2,1-3H3;3H. The molecule has 5 nitrogen and oxygen atoms in total. The summed E-state index contributed by atoms with van der Waals surface area (Å²) in [6.07, 6.45) is 13.6. The fourth-order valence-corrected chi connectivity index (χ4v) is 21.4. The van der Waals surface area contributed by atoms with E-state index in [4.69, 9.17) is 8.85 Å². The summed E-state index contributed by atoms with van der Waals surface area (Å²) in [5, 5.41) is 10.2. The van der Waals surface area contributed by atoms with E-state index < -0.39 is 16.6 Å². The molecule has 62 heavy (non-hydrogen) atoms. The van der Waals surface area contributed by atoms with Crippen LogP contribution in [0.4, 0.5) is 0 Å². The molecule has 2 aliphatic rings. The Morgan fingerprint density at radius 3 is 1.19 bits per heavy atom. The normalized spacial score (nSPS) is 19.6. The number of rotatable bonds is 10. The molecule has 0 atom stereocenters. The zero-order chi connectivity index (χ0) is 44.2. The van der Waals surface area contributed by atoms with Crippen molar-refractivity contribution in [1.29, 1.82) is 0 Å². The maximum absolute atomic E-state index is 7.32. The second-order valence-corrected chi connectivity index (χ2v) is 30.6. The van der Waals surface area contributed by atoms with Crippen LogP contribution in [0.1, 0.15) is 115 Å². The fourth-order valence-electron chi connectivity index (χ4n) is 9.63. The molecule has 1 radical (unpaired) electrons. The molecule has 2 heterocycles. The molecule has 325 valence electrons. The Hall–Kier alpha value is -2.81. The Kier molecular flexibility index (Phi) is 17.6. The first-order valence-electron chi connectivity index (χ1n) is 21.9. The van der Waals surface area contributed by atoms with E-state index in [1.54, 1.807) is 22.7 Å². The van der Waals surface area contributed by atoms with Crippen molar-refractivity contribution >= 4 is 96.4 Å². The summed E-state index contributed by atoms with van der Waals surface area (Å²) >= 11 is 10.3. The number of benzene rings is 4. The molecular formula is C50H62BBrN3O2S3Si2. The number of aromatic nitrogens is 2. The van der Waals surface area contributed by atoms with Crippen molar-refractivity contribution in [2.75, 3.05) is 0 Å². The summed E-state index contributed by atoms with van der Waals surface area (Å²) in [6.45, 7) is 14.2. The van der Waals surface area contributed by atoms with Crippen LogP contribution in [0.25, 0.3) is 0 Å². The van der Waals surface area contributed by atoms with Crippen LogP contribution in [0.3, 0.4) is 0 Å². The Morgan fingerprint density at radius 2 is 0.919 bits per heavy atom. The molecule has 4 aromatic carbocycles. The third-order valence-corrected chi connectivity index (χ3v) is 25.3. The van der Waals surface area contributed by atoms with Gasteiger partial charge in [0, 0.05) is 35.6 Å². The van der Waals surface area contributed by atoms with Gasteiger partial charge < -0.3 is 8.85 Å². The van der Waals surface area contributed by atoms with Crippen molar-refractivity contribution in [2.24, 2.45) is 4.30 Å². The Labute approximate surface area is 396 Å². The third kappa shape index (κ3) is 11.5. The molecule has 12 heteroatoms. The summed E-state index contributed by atoms with van der Waals surface area (Å²) in [4.78, 5) is 9.17. The molecule has 2 fully saturated rings. The quantitative estimate of drug-likeness (QED) is 0.110. The number of hydrogen-bond donors (Lipinski definition) is 1. The molecule has 0 spiro atoms. The van der Waals surface area contributed by atoms with Gasteiger partial charge in [-0.25, -0.2) is 9.97 Å². The molecule has 0 unspecified atom stereocenters. The number of hydrogen-bond acceptors (Lipinski definition) is 8. The predicted octanol–water partition coefficient (Wildman–Crippen LogP) is 12.4. The van der Waals surface area contributed by atoms with Gasteiger partial charge in [0.25, 0.3) is 16.6 Å². The van der Waals surface area contributed by atoms with Gasteiger partial charge in [-0.05, 0) is 98.1 Å². The minimum absolute atomic E-state index is 0.0345. The Balaban J connectivity index is 0.000000195. The van der Waals surface area contributed by atoms with Gasteiger partial charge in [0.05, 0.1) is 20.0 Å². The molecule has 2 aliphatic carbocycles.